The number of nitrogens with one attached hydrogen (secondary N) is 2. The van der Waals surface area contributed by atoms with Gasteiger partial charge in [-0.05, 0) is 29.5 Å². The minimum atomic E-state index is -0.113. The lowest BCUT2D eigenvalue weighted by Gasteiger charge is -2.07. The van der Waals surface area contributed by atoms with Gasteiger partial charge in [0, 0.05) is 18.5 Å². The summed E-state index contributed by atoms with van der Waals surface area (Å²) < 4.78 is 1.41. The summed E-state index contributed by atoms with van der Waals surface area (Å²) in [6.07, 6.45) is 0.547. The summed E-state index contributed by atoms with van der Waals surface area (Å²) in [6, 6.07) is 18.4. The molecule has 0 aliphatic carbocycles. The van der Waals surface area contributed by atoms with Gasteiger partial charge in [0.1, 0.15) is 0 Å². The van der Waals surface area contributed by atoms with Crippen molar-refractivity contribution in [1.29, 1.82) is 0 Å². The minimum Gasteiger partial charge on any atom is -0.351 e. The first kappa shape index (κ1) is 18.9. The largest absolute Gasteiger partial charge is 0.351 e. The fourth-order valence-electron chi connectivity index (χ4n) is 3.34. The topological polar surface area (TPSA) is 75.1 Å². The van der Waals surface area contributed by atoms with Crippen LogP contribution in [0.25, 0.3) is 5.78 Å². The molecule has 0 aliphatic rings. The molecule has 0 aliphatic heterocycles. The molecule has 0 amide bonds. The number of fused-ring (bicyclic) bond motifs is 1. The first-order chi connectivity index (χ1) is 14.0. The van der Waals surface area contributed by atoms with Gasteiger partial charge in [0.05, 0.1) is 5.69 Å². The molecule has 0 radical (unpaired) electrons. The Morgan fingerprint density at radius 1 is 1.00 bits per heavy atom. The van der Waals surface area contributed by atoms with Crippen molar-refractivity contribution in [3.8, 4) is 0 Å². The lowest BCUT2D eigenvalue weighted by molar-refractivity contribution is 0.856. The van der Waals surface area contributed by atoms with E-state index in [1.54, 1.807) is 0 Å². The summed E-state index contributed by atoms with van der Waals surface area (Å²) in [5.41, 5.74) is 4.82. The summed E-state index contributed by atoms with van der Waals surface area (Å²) >= 11 is 0. The van der Waals surface area contributed by atoms with Crippen LogP contribution in [0.1, 0.15) is 47.7 Å². The van der Waals surface area contributed by atoms with Crippen molar-refractivity contribution in [1.82, 2.24) is 19.6 Å². The average molecular weight is 387 g/mol. The summed E-state index contributed by atoms with van der Waals surface area (Å²) in [5, 5.41) is 6.29. The second kappa shape index (κ2) is 7.91. The zero-order valence-electron chi connectivity index (χ0n) is 16.9. The number of benzene rings is 2. The van der Waals surface area contributed by atoms with Crippen molar-refractivity contribution in [2.24, 2.45) is 0 Å². The lowest BCUT2D eigenvalue weighted by Crippen LogP contribution is -2.22. The van der Waals surface area contributed by atoms with Gasteiger partial charge in [-0.3, -0.25) is 9.89 Å². The van der Waals surface area contributed by atoms with Crippen LogP contribution in [0.2, 0.25) is 0 Å². The molecular weight excluding hydrogens is 362 g/mol. The first-order valence-corrected chi connectivity index (χ1v) is 9.86. The molecular formula is C23H25N5O. The lowest BCUT2D eigenvalue weighted by atomic mass is 10.0. The van der Waals surface area contributed by atoms with Crippen LogP contribution in [0, 0.1) is 6.92 Å². The van der Waals surface area contributed by atoms with Crippen molar-refractivity contribution in [2.45, 2.75) is 39.7 Å². The van der Waals surface area contributed by atoms with Crippen molar-refractivity contribution in [3.05, 3.63) is 92.9 Å². The Balaban J connectivity index is 1.56. The van der Waals surface area contributed by atoms with Gasteiger partial charge in [-0.25, -0.2) is 4.98 Å². The predicted molar refractivity (Wildman–Crippen MR) is 115 cm³/mol. The molecule has 0 spiro atoms. The third-order valence-corrected chi connectivity index (χ3v) is 5.13. The second-order valence-corrected chi connectivity index (χ2v) is 7.60. The Kier molecular flexibility index (Phi) is 5.16. The molecule has 2 N–H and O–H groups in total. The molecule has 0 unspecified atom stereocenters. The maximum atomic E-state index is 13.0. The van der Waals surface area contributed by atoms with E-state index in [-0.39, 0.29) is 5.56 Å². The maximum Gasteiger partial charge on any atom is 0.277 e. The van der Waals surface area contributed by atoms with Crippen LogP contribution in [0.4, 0.5) is 5.95 Å². The number of H-pyrrole nitrogens is 1. The van der Waals surface area contributed by atoms with E-state index < -0.39 is 0 Å². The summed E-state index contributed by atoms with van der Waals surface area (Å²) in [5.74, 6) is 1.42. The highest BCUT2D eigenvalue weighted by Crippen LogP contribution is 2.15. The van der Waals surface area contributed by atoms with Crippen LogP contribution in [0.3, 0.4) is 0 Å². The quantitative estimate of drug-likeness (QED) is 0.523. The van der Waals surface area contributed by atoms with Gasteiger partial charge in [0.25, 0.3) is 11.3 Å². The third kappa shape index (κ3) is 4.06. The summed E-state index contributed by atoms with van der Waals surface area (Å²) in [6.45, 7) is 6.83. The van der Waals surface area contributed by atoms with Crippen molar-refractivity contribution >= 4 is 11.7 Å². The Hall–Kier alpha value is -3.41. The fourth-order valence-corrected chi connectivity index (χ4v) is 3.34. The van der Waals surface area contributed by atoms with Crippen LogP contribution in [0.5, 0.6) is 0 Å². The number of nitrogens with zero attached hydrogens (tertiary/aromatic N) is 3. The highest BCUT2D eigenvalue weighted by Gasteiger charge is 2.13. The number of anilines is 1. The van der Waals surface area contributed by atoms with Gasteiger partial charge in [0.15, 0.2) is 0 Å². The van der Waals surface area contributed by atoms with Gasteiger partial charge >= 0.3 is 0 Å². The smallest absolute Gasteiger partial charge is 0.277 e. The molecule has 4 rings (SSSR count). The number of aromatic amines is 1. The van der Waals surface area contributed by atoms with Gasteiger partial charge in [-0.2, -0.15) is 9.50 Å². The van der Waals surface area contributed by atoms with Crippen LogP contribution in [-0.4, -0.2) is 19.6 Å². The molecule has 0 saturated heterocycles. The van der Waals surface area contributed by atoms with Crippen LogP contribution >= 0.6 is 0 Å². The normalized spacial score (nSPS) is 11.3. The molecule has 0 atom stereocenters. The Morgan fingerprint density at radius 2 is 1.72 bits per heavy atom. The molecule has 29 heavy (non-hydrogen) atoms. The zero-order valence-corrected chi connectivity index (χ0v) is 16.9. The van der Waals surface area contributed by atoms with Crippen molar-refractivity contribution in [2.75, 3.05) is 5.32 Å². The molecule has 0 bridgehead atoms. The van der Waals surface area contributed by atoms with Gasteiger partial charge in [0.2, 0.25) is 5.95 Å². The van der Waals surface area contributed by atoms with E-state index >= 15 is 0 Å². The van der Waals surface area contributed by atoms with Gasteiger partial charge < -0.3 is 5.32 Å². The van der Waals surface area contributed by atoms with E-state index in [4.69, 9.17) is 0 Å². The summed E-state index contributed by atoms with van der Waals surface area (Å²) in [4.78, 5) is 21.9. The number of aromatic nitrogens is 4. The first-order valence-electron chi connectivity index (χ1n) is 9.86. The number of hydrogen-bond donors (Lipinski definition) is 2. The number of hydrogen-bond acceptors (Lipinski definition) is 4. The predicted octanol–water partition coefficient (Wildman–Crippen LogP) is 4.05. The van der Waals surface area contributed by atoms with Crippen LogP contribution in [-0.2, 0) is 13.0 Å². The number of rotatable bonds is 6. The van der Waals surface area contributed by atoms with E-state index in [1.807, 2.05) is 37.3 Å². The van der Waals surface area contributed by atoms with Crippen molar-refractivity contribution < 1.29 is 0 Å². The zero-order chi connectivity index (χ0) is 20.4. The van der Waals surface area contributed by atoms with Gasteiger partial charge in [-0.15, -0.1) is 0 Å². The Morgan fingerprint density at radius 3 is 2.41 bits per heavy atom. The van der Waals surface area contributed by atoms with Crippen LogP contribution < -0.4 is 10.9 Å². The van der Waals surface area contributed by atoms with E-state index in [0.29, 0.717) is 41.9 Å². The monoisotopic (exact) mass is 387 g/mol. The molecule has 2 heterocycles. The maximum absolute atomic E-state index is 13.0. The molecule has 0 fully saturated rings. The average Bonchev–Trinajstić information content (AvgIpc) is 3.13. The third-order valence-electron chi connectivity index (χ3n) is 5.13. The molecule has 148 valence electrons. The highest BCUT2D eigenvalue weighted by atomic mass is 16.1. The standard InChI is InChI=1S/C23H25N5O/c1-15(2)19-11-9-18(10-12-19)14-24-22-26-23-25-16(3)20(21(29)28(23)27-22)13-17-7-5-4-6-8-17/h4-12,15H,13-14H2,1-3H3,(H2,24,25,26,27). The molecule has 6 nitrogen and oxygen atoms in total. The van der Waals surface area contributed by atoms with E-state index in [9.17, 15) is 4.79 Å². The highest BCUT2D eigenvalue weighted by molar-refractivity contribution is 5.40. The summed E-state index contributed by atoms with van der Waals surface area (Å²) in [7, 11) is 0. The molecule has 2 aromatic carbocycles. The SMILES string of the molecule is Cc1nc2nc(NCc3ccc(C(C)C)cc3)[nH]n2c(=O)c1Cc1ccccc1. The second-order valence-electron chi connectivity index (χ2n) is 7.60. The van der Waals surface area contributed by atoms with E-state index in [2.05, 4.69) is 58.5 Å². The van der Waals surface area contributed by atoms with Crippen molar-refractivity contribution in [3.63, 3.8) is 0 Å². The molecule has 4 aromatic rings. The Labute approximate surface area is 169 Å². The van der Waals surface area contributed by atoms with E-state index in [0.717, 1.165) is 11.1 Å². The fraction of sp³-hybridized carbons (Fsp3) is 0.261. The number of aryl methyl sites for hydroxylation is 1. The van der Waals surface area contributed by atoms with Crippen LogP contribution in [0.15, 0.2) is 59.4 Å². The van der Waals surface area contributed by atoms with Gasteiger partial charge in [-0.1, -0.05) is 68.4 Å². The molecule has 0 saturated carbocycles. The van der Waals surface area contributed by atoms with E-state index in [1.165, 1.54) is 10.1 Å². The minimum absolute atomic E-state index is 0.113. The molecule has 2 aromatic heterocycles. The Bertz CT molecular complexity index is 1170. The molecule has 6 heteroatoms.